The average molecular weight is 725 g/mol. The maximum Gasteiger partial charge on any atom is 0.338 e. The summed E-state index contributed by atoms with van der Waals surface area (Å²) in [4.78, 5) is 24.7. The molecule has 0 spiro atoms. The molecule has 3 aromatic rings. The monoisotopic (exact) mass is 724 g/mol. The Hall–Kier alpha value is -3.80. The number of carbonyl (C=O) groups is 2. The number of fused-ring (bicyclic) bond motifs is 2. The van der Waals surface area contributed by atoms with Crippen molar-refractivity contribution in [1.29, 1.82) is 0 Å². The zero-order chi connectivity index (χ0) is 37.1. The molecule has 5 rings (SSSR count). The topological polar surface area (TPSA) is 71.1 Å². The fraction of sp³-hybridized carbons (Fsp3) is 0.574. The number of hydrogen-bond donors (Lipinski definition) is 0. The van der Waals surface area contributed by atoms with Gasteiger partial charge >= 0.3 is 11.9 Å². The van der Waals surface area contributed by atoms with Crippen LogP contribution in [0.15, 0.2) is 72.8 Å². The van der Waals surface area contributed by atoms with Gasteiger partial charge in [0, 0.05) is 6.42 Å². The molecular weight excluding hydrogens is 661 g/mol. The highest BCUT2D eigenvalue weighted by molar-refractivity contribution is 5.89. The van der Waals surface area contributed by atoms with Crippen LogP contribution in [0.2, 0.25) is 0 Å². The molecule has 6 heteroatoms. The summed E-state index contributed by atoms with van der Waals surface area (Å²) in [5.41, 5.74) is 2.76. The molecule has 288 valence electrons. The fourth-order valence-electron chi connectivity index (χ4n) is 8.14. The molecule has 3 aromatic carbocycles. The number of carbonyl (C=O) groups excluding carboxylic acids is 2. The van der Waals surface area contributed by atoms with E-state index in [0.717, 1.165) is 73.2 Å². The van der Waals surface area contributed by atoms with Gasteiger partial charge in [0.1, 0.15) is 17.2 Å². The number of unbranched alkanes of at least 4 members (excludes halogenated alkanes) is 11. The van der Waals surface area contributed by atoms with Gasteiger partial charge in [0.15, 0.2) is 0 Å². The van der Waals surface area contributed by atoms with Crippen LogP contribution in [0.25, 0.3) is 11.1 Å². The number of rotatable bonds is 25. The molecule has 0 radical (unpaired) electrons. The van der Waals surface area contributed by atoms with Gasteiger partial charge in [-0.2, -0.15) is 0 Å². The smallest absolute Gasteiger partial charge is 0.338 e. The summed E-state index contributed by atoms with van der Waals surface area (Å²) in [5, 5.41) is 0. The Morgan fingerprint density at radius 2 is 1.21 bits per heavy atom. The van der Waals surface area contributed by atoms with Crippen LogP contribution in [-0.4, -0.2) is 31.3 Å². The molecule has 3 unspecified atom stereocenters. The highest BCUT2D eigenvalue weighted by atomic mass is 16.5. The summed E-state index contributed by atoms with van der Waals surface area (Å²) in [6, 6.07) is 23.4. The lowest BCUT2D eigenvalue weighted by Crippen LogP contribution is -2.17. The van der Waals surface area contributed by atoms with E-state index in [1.54, 1.807) is 24.3 Å². The van der Waals surface area contributed by atoms with Crippen LogP contribution < -0.4 is 9.47 Å². The third-order valence-electron chi connectivity index (χ3n) is 11.3. The van der Waals surface area contributed by atoms with Crippen LogP contribution in [-0.2, 0) is 14.3 Å². The second kappa shape index (κ2) is 22.4. The van der Waals surface area contributed by atoms with Crippen LogP contribution in [0.1, 0.15) is 146 Å². The summed E-state index contributed by atoms with van der Waals surface area (Å²) >= 11 is 0. The van der Waals surface area contributed by atoms with E-state index < -0.39 is 0 Å². The molecule has 0 N–H and O–H groups in total. The second-order valence-corrected chi connectivity index (χ2v) is 15.6. The Morgan fingerprint density at radius 1 is 0.642 bits per heavy atom. The lowest BCUT2D eigenvalue weighted by atomic mass is 9.86. The van der Waals surface area contributed by atoms with Crippen LogP contribution in [0.4, 0.5) is 0 Å². The van der Waals surface area contributed by atoms with Gasteiger partial charge in [-0.3, -0.25) is 4.79 Å². The molecule has 2 saturated carbocycles. The first-order chi connectivity index (χ1) is 26.0. The van der Waals surface area contributed by atoms with E-state index in [0.29, 0.717) is 30.3 Å². The summed E-state index contributed by atoms with van der Waals surface area (Å²) < 4.78 is 23.2. The molecule has 53 heavy (non-hydrogen) atoms. The molecule has 0 aliphatic heterocycles. The van der Waals surface area contributed by atoms with Crippen LogP contribution in [0.3, 0.4) is 0 Å². The molecule has 2 aliphatic rings. The molecule has 4 atom stereocenters. The predicted molar refractivity (Wildman–Crippen MR) is 214 cm³/mol. The van der Waals surface area contributed by atoms with E-state index in [1.807, 2.05) is 31.2 Å². The first-order valence-corrected chi connectivity index (χ1v) is 20.9. The standard InChI is InChI=1S/C47H64O6/c1-3-4-5-13-16-36(2)52-47(49)40-23-29-45(30-24-40)53-44-27-21-39(22-28-44)38-19-25-43(26-20-38)50-31-14-11-9-7-6-8-10-12-15-32-51-46(48)35-42-34-37-17-18-41(42)33-37/h19-30,36-37,41-42H,3-18,31-35H2,1-2H3/t36-,37?,41?,42?/m1/s1. The number of esters is 2. The van der Waals surface area contributed by atoms with E-state index in [9.17, 15) is 9.59 Å². The average Bonchev–Trinajstić information content (AvgIpc) is 3.80. The Bertz CT molecular complexity index is 1480. The summed E-state index contributed by atoms with van der Waals surface area (Å²) in [5.74, 6) is 4.36. The number of ether oxygens (including phenoxy) is 4. The first kappa shape index (κ1) is 40.4. The third-order valence-corrected chi connectivity index (χ3v) is 11.3. The molecule has 2 bridgehead atoms. The third kappa shape index (κ3) is 14.2. The Balaban J connectivity index is 0.868. The number of benzene rings is 3. The highest BCUT2D eigenvalue weighted by Crippen LogP contribution is 2.49. The van der Waals surface area contributed by atoms with Crippen molar-refractivity contribution < 1.29 is 28.5 Å². The predicted octanol–water partition coefficient (Wildman–Crippen LogP) is 12.9. The van der Waals surface area contributed by atoms with Crippen LogP contribution >= 0.6 is 0 Å². The molecule has 0 aromatic heterocycles. The molecule has 0 heterocycles. The van der Waals surface area contributed by atoms with Gasteiger partial charge in [-0.05, 0) is 129 Å². The quantitative estimate of drug-likeness (QED) is 0.0640. The van der Waals surface area contributed by atoms with Gasteiger partial charge < -0.3 is 18.9 Å². The molecular formula is C47H64O6. The summed E-state index contributed by atoms with van der Waals surface area (Å²) in [7, 11) is 0. The van der Waals surface area contributed by atoms with Gasteiger partial charge in [-0.1, -0.05) is 102 Å². The van der Waals surface area contributed by atoms with E-state index >= 15 is 0 Å². The molecule has 2 aliphatic carbocycles. The largest absolute Gasteiger partial charge is 0.494 e. The fourth-order valence-corrected chi connectivity index (χ4v) is 8.14. The van der Waals surface area contributed by atoms with Crippen molar-refractivity contribution in [3.63, 3.8) is 0 Å². The minimum atomic E-state index is -0.290. The minimum absolute atomic E-state index is 0.0388. The van der Waals surface area contributed by atoms with E-state index in [-0.39, 0.29) is 18.0 Å². The molecule has 0 amide bonds. The van der Waals surface area contributed by atoms with Gasteiger partial charge in [0.05, 0.1) is 24.9 Å². The van der Waals surface area contributed by atoms with Gasteiger partial charge in [0.2, 0.25) is 0 Å². The van der Waals surface area contributed by atoms with Crippen molar-refractivity contribution in [2.75, 3.05) is 13.2 Å². The van der Waals surface area contributed by atoms with Crippen molar-refractivity contribution in [2.45, 2.75) is 142 Å². The maximum absolute atomic E-state index is 12.5. The molecule has 6 nitrogen and oxygen atoms in total. The Morgan fingerprint density at radius 3 is 1.79 bits per heavy atom. The van der Waals surface area contributed by atoms with E-state index in [2.05, 4.69) is 31.2 Å². The zero-order valence-electron chi connectivity index (χ0n) is 32.5. The minimum Gasteiger partial charge on any atom is -0.494 e. The Kier molecular flexibility index (Phi) is 17.1. The molecule has 0 saturated heterocycles. The second-order valence-electron chi connectivity index (χ2n) is 15.6. The van der Waals surface area contributed by atoms with Crippen molar-refractivity contribution >= 4 is 11.9 Å². The first-order valence-electron chi connectivity index (χ1n) is 20.9. The van der Waals surface area contributed by atoms with E-state index in [1.165, 1.54) is 83.5 Å². The number of hydrogen-bond acceptors (Lipinski definition) is 6. The van der Waals surface area contributed by atoms with Gasteiger partial charge in [0.25, 0.3) is 0 Å². The summed E-state index contributed by atoms with van der Waals surface area (Å²) in [6.07, 6.45) is 22.2. The van der Waals surface area contributed by atoms with Crippen LogP contribution in [0.5, 0.6) is 17.2 Å². The maximum atomic E-state index is 12.5. The van der Waals surface area contributed by atoms with Crippen molar-refractivity contribution in [3.8, 4) is 28.4 Å². The highest BCUT2D eigenvalue weighted by Gasteiger charge is 2.40. The lowest BCUT2D eigenvalue weighted by molar-refractivity contribution is -0.145. The van der Waals surface area contributed by atoms with Crippen LogP contribution in [0, 0.1) is 17.8 Å². The zero-order valence-corrected chi connectivity index (χ0v) is 32.5. The lowest BCUT2D eigenvalue weighted by Gasteiger charge is -2.20. The summed E-state index contributed by atoms with van der Waals surface area (Å²) in [6.45, 7) is 5.50. The molecule has 2 fully saturated rings. The van der Waals surface area contributed by atoms with Gasteiger partial charge in [-0.25, -0.2) is 4.79 Å². The van der Waals surface area contributed by atoms with Crippen molar-refractivity contribution in [2.24, 2.45) is 17.8 Å². The van der Waals surface area contributed by atoms with Crippen molar-refractivity contribution in [1.82, 2.24) is 0 Å². The Labute approximate surface area is 319 Å². The normalized spacial score (nSPS) is 18.1. The SMILES string of the molecule is CCCCCC[C@@H](C)OC(=O)c1ccc(Oc2ccc(-c3ccc(OCCCCCCCCCCCOC(=O)CC4CC5CCC4C5)cc3)cc2)cc1. The van der Waals surface area contributed by atoms with Crippen molar-refractivity contribution in [3.05, 3.63) is 78.4 Å². The van der Waals surface area contributed by atoms with Gasteiger partial charge in [-0.15, -0.1) is 0 Å². The van der Waals surface area contributed by atoms with E-state index in [4.69, 9.17) is 18.9 Å².